The summed E-state index contributed by atoms with van der Waals surface area (Å²) >= 11 is 1.39. The van der Waals surface area contributed by atoms with Gasteiger partial charge in [0.05, 0.1) is 12.7 Å². The SMILES string of the molecule is COC(=O)c1cccc(C(=O)Nc2ncc(C)s2)c1. The lowest BCUT2D eigenvalue weighted by atomic mass is 10.1. The van der Waals surface area contributed by atoms with Crippen LogP contribution < -0.4 is 5.32 Å². The van der Waals surface area contributed by atoms with E-state index in [0.717, 1.165) is 4.88 Å². The Labute approximate surface area is 114 Å². The summed E-state index contributed by atoms with van der Waals surface area (Å²) < 4.78 is 4.61. The van der Waals surface area contributed by atoms with Crippen molar-refractivity contribution in [2.45, 2.75) is 6.92 Å². The Morgan fingerprint density at radius 1 is 1.32 bits per heavy atom. The molecular weight excluding hydrogens is 264 g/mol. The van der Waals surface area contributed by atoms with Gasteiger partial charge in [-0.05, 0) is 25.1 Å². The van der Waals surface area contributed by atoms with E-state index in [0.29, 0.717) is 16.3 Å². The van der Waals surface area contributed by atoms with Gasteiger partial charge >= 0.3 is 5.97 Å². The largest absolute Gasteiger partial charge is 0.465 e. The van der Waals surface area contributed by atoms with Crippen LogP contribution in [0, 0.1) is 6.92 Å². The Morgan fingerprint density at radius 2 is 2.05 bits per heavy atom. The standard InChI is InChI=1S/C13H12N2O3S/c1-8-7-14-13(19-8)15-11(16)9-4-3-5-10(6-9)12(17)18-2/h3-7H,1-2H3,(H,14,15,16). The van der Waals surface area contributed by atoms with Gasteiger partial charge in [-0.2, -0.15) is 0 Å². The zero-order valence-corrected chi connectivity index (χ0v) is 11.3. The van der Waals surface area contributed by atoms with Gasteiger partial charge in [-0.3, -0.25) is 10.1 Å². The van der Waals surface area contributed by atoms with Crippen LogP contribution in [0.15, 0.2) is 30.5 Å². The second kappa shape index (κ2) is 5.62. The third kappa shape index (κ3) is 3.17. The van der Waals surface area contributed by atoms with Gasteiger partial charge in [0.15, 0.2) is 5.13 Å². The van der Waals surface area contributed by atoms with Crippen molar-refractivity contribution in [3.8, 4) is 0 Å². The number of hydrogen-bond acceptors (Lipinski definition) is 5. The van der Waals surface area contributed by atoms with Gasteiger partial charge in [0.2, 0.25) is 0 Å². The van der Waals surface area contributed by atoms with E-state index in [1.807, 2.05) is 6.92 Å². The average molecular weight is 276 g/mol. The molecule has 0 radical (unpaired) electrons. The maximum Gasteiger partial charge on any atom is 0.337 e. The van der Waals surface area contributed by atoms with Crippen molar-refractivity contribution in [3.63, 3.8) is 0 Å². The number of thiazole rings is 1. The number of esters is 1. The maximum absolute atomic E-state index is 12.0. The molecule has 19 heavy (non-hydrogen) atoms. The Kier molecular flexibility index (Phi) is 3.91. The average Bonchev–Trinajstić information content (AvgIpc) is 2.83. The summed E-state index contributed by atoms with van der Waals surface area (Å²) in [6.07, 6.45) is 1.69. The molecule has 0 saturated carbocycles. The first kappa shape index (κ1) is 13.2. The summed E-state index contributed by atoms with van der Waals surface area (Å²) in [5, 5.41) is 3.21. The van der Waals surface area contributed by atoms with Crippen molar-refractivity contribution in [2.24, 2.45) is 0 Å². The van der Waals surface area contributed by atoms with Crippen molar-refractivity contribution in [1.82, 2.24) is 4.98 Å². The second-order valence-corrected chi connectivity index (χ2v) is 5.04. The molecule has 1 aromatic heterocycles. The fraction of sp³-hybridized carbons (Fsp3) is 0.154. The number of benzene rings is 1. The summed E-state index contributed by atoms with van der Waals surface area (Å²) in [4.78, 5) is 28.4. The van der Waals surface area contributed by atoms with E-state index < -0.39 is 5.97 Å². The van der Waals surface area contributed by atoms with E-state index in [9.17, 15) is 9.59 Å². The van der Waals surface area contributed by atoms with Crippen LogP contribution in [0.1, 0.15) is 25.6 Å². The summed E-state index contributed by atoms with van der Waals surface area (Å²) in [5.41, 5.74) is 0.723. The molecule has 98 valence electrons. The highest BCUT2D eigenvalue weighted by Gasteiger charge is 2.11. The lowest BCUT2D eigenvalue weighted by Gasteiger charge is -2.03. The number of aryl methyl sites for hydroxylation is 1. The number of nitrogens with one attached hydrogen (secondary N) is 1. The van der Waals surface area contributed by atoms with Gasteiger partial charge in [0.25, 0.3) is 5.91 Å². The molecule has 6 heteroatoms. The number of aromatic nitrogens is 1. The molecule has 0 aliphatic carbocycles. The van der Waals surface area contributed by atoms with Gasteiger partial charge in [-0.15, -0.1) is 11.3 Å². The quantitative estimate of drug-likeness (QED) is 0.874. The molecule has 5 nitrogen and oxygen atoms in total. The molecule has 1 N–H and O–H groups in total. The Balaban J connectivity index is 2.17. The molecule has 0 unspecified atom stereocenters. The molecular formula is C13H12N2O3S. The number of ether oxygens (including phenoxy) is 1. The Morgan fingerprint density at radius 3 is 2.68 bits per heavy atom. The van der Waals surface area contributed by atoms with Crippen LogP contribution in [0.5, 0.6) is 0 Å². The molecule has 0 fully saturated rings. The van der Waals surface area contributed by atoms with Crippen molar-refractivity contribution in [2.75, 3.05) is 12.4 Å². The van der Waals surface area contributed by atoms with Crippen LogP contribution in [-0.2, 0) is 4.74 Å². The number of carbonyl (C=O) groups is 2. The van der Waals surface area contributed by atoms with Crippen molar-refractivity contribution >= 4 is 28.3 Å². The summed E-state index contributed by atoms with van der Waals surface area (Å²) in [7, 11) is 1.30. The third-order valence-corrected chi connectivity index (χ3v) is 3.22. The minimum atomic E-state index is -0.472. The summed E-state index contributed by atoms with van der Waals surface area (Å²) in [6, 6.07) is 6.34. The smallest absolute Gasteiger partial charge is 0.337 e. The fourth-order valence-electron chi connectivity index (χ4n) is 1.49. The lowest BCUT2D eigenvalue weighted by molar-refractivity contribution is 0.0600. The number of nitrogens with zero attached hydrogens (tertiary/aromatic N) is 1. The maximum atomic E-state index is 12.0. The van der Waals surface area contributed by atoms with Crippen LogP contribution in [0.2, 0.25) is 0 Å². The number of anilines is 1. The molecule has 0 bridgehead atoms. The first-order valence-corrected chi connectivity index (χ1v) is 6.34. The highest BCUT2D eigenvalue weighted by atomic mass is 32.1. The van der Waals surface area contributed by atoms with Crippen molar-refractivity contribution < 1.29 is 14.3 Å². The molecule has 0 saturated heterocycles. The molecule has 2 rings (SSSR count). The number of amides is 1. The van der Waals surface area contributed by atoms with E-state index in [4.69, 9.17) is 0 Å². The molecule has 0 atom stereocenters. The van der Waals surface area contributed by atoms with Gasteiger partial charge < -0.3 is 4.74 Å². The van der Waals surface area contributed by atoms with Crippen LogP contribution in [0.25, 0.3) is 0 Å². The number of methoxy groups -OCH3 is 1. The molecule has 1 amide bonds. The highest BCUT2D eigenvalue weighted by Crippen LogP contribution is 2.17. The highest BCUT2D eigenvalue weighted by molar-refractivity contribution is 7.15. The second-order valence-electron chi connectivity index (χ2n) is 3.80. The number of carbonyl (C=O) groups excluding carboxylic acids is 2. The predicted octanol–water partition coefficient (Wildman–Crippen LogP) is 2.49. The topological polar surface area (TPSA) is 68.3 Å². The first-order chi connectivity index (χ1) is 9.10. The van der Waals surface area contributed by atoms with E-state index >= 15 is 0 Å². The van der Waals surface area contributed by atoms with E-state index in [2.05, 4.69) is 15.0 Å². The summed E-state index contributed by atoms with van der Waals surface area (Å²) in [5.74, 6) is -0.778. The summed E-state index contributed by atoms with van der Waals surface area (Å²) in [6.45, 7) is 1.91. The van der Waals surface area contributed by atoms with Crippen LogP contribution in [-0.4, -0.2) is 24.0 Å². The van der Waals surface area contributed by atoms with E-state index in [1.54, 1.807) is 24.4 Å². The molecule has 0 spiro atoms. The van der Waals surface area contributed by atoms with Crippen LogP contribution >= 0.6 is 11.3 Å². The molecule has 2 aromatic rings. The van der Waals surface area contributed by atoms with Crippen LogP contribution in [0.3, 0.4) is 0 Å². The number of rotatable bonds is 3. The van der Waals surface area contributed by atoms with Crippen molar-refractivity contribution in [3.05, 3.63) is 46.5 Å². The normalized spacial score (nSPS) is 10.0. The minimum Gasteiger partial charge on any atom is -0.465 e. The van der Waals surface area contributed by atoms with Gasteiger partial charge in [-0.25, -0.2) is 9.78 Å². The van der Waals surface area contributed by atoms with E-state index in [-0.39, 0.29) is 5.91 Å². The van der Waals surface area contributed by atoms with Crippen molar-refractivity contribution in [1.29, 1.82) is 0 Å². The lowest BCUT2D eigenvalue weighted by Crippen LogP contribution is -2.12. The number of hydrogen-bond donors (Lipinski definition) is 1. The molecule has 1 heterocycles. The Bertz CT molecular complexity index is 622. The zero-order chi connectivity index (χ0) is 13.8. The molecule has 0 aliphatic rings. The third-order valence-electron chi connectivity index (χ3n) is 2.39. The van der Waals surface area contributed by atoms with Gasteiger partial charge in [0.1, 0.15) is 0 Å². The van der Waals surface area contributed by atoms with Gasteiger partial charge in [-0.1, -0.05) is 6.07 Å². The Hall–Kier alpha value is -2.21. The molecule has 1 aromatic carbocycles. The monoisotopic (exact) mass is 276 g/mol. The van der Waals surface area contributed by atoms with Crippen LogP contribution in [0.4, 0.5) is 5.13 Å². The predicted molar refractivity (Wildman–Crippen MR) is 72.6 cm³/mol. The fourth-order valence-corrected chi connectivity index (χ4v) is 2.15. The van der Waals surface area contributed by atoms with E-state index in [1.165, 1.54) is 24.5 Å². The van der Waals surface area contributed by atoms with Gasteiger partial charge in [0, 0.05) is 16.6 Å². The zero-order valence-electron chi connectivity index (χ0n) is 10.5. The molecule has 0 aliphatic heterocycles. The minimum absolute atomic E-state index is 0.305. The first-order valence-electron chi connectivity index (χ1n) is 5.52.